The van der Waals surface area contributed by atoms with E-state index in [0.717, 1.165) is 19.4 Å². The topological polar surface area (TPSA) is 27.7 Å². The first kappa shape index (κ1) is 15.9. The summed E-state index contributed by atoms with van der Waals surface area (Å²) >= 11 is 0. The van der Waals surface area contributed by atoms with Gasteiger partial charge in [0.2, 0.25) is 0 Å². The molecule has 0 aliphatic rings. The van der Waals surface area contributed by atoms with Crippen LogP contribution in [0.4, 0.5) is 0 Å². The van der Waals surface area contributed by atoms with Crippen LogP contribution in [0.1, 0.15) is 47.5 Å². The minimum Gasteiger partial charge on any atom is -0.381 e. The fraction of sp³-hybridized carbons (Fsp3) is 1.00. The Bertz CT molecular complexity index is 146. The summed E-state index contributed by atoms with van der Waals surface area (Å²) in [5.74, 6) is 0. The lowest BCUT2D eigenvalue weighted by Crippen LogP contribution is -2.20. The average molecular weight is 232 g/mol. The van der Waals surface area contributed by atoms with Gasteiger partial charge in [0.15, 0.2) is 6.29 Å². The normalized spacial score (nSPS) is 12.4. The van der Waals surface area contributed by atoms with Gasteiger partial charge in [0, 0.05) is 26.2 Å². The average Bonchev–Trinajstić information content (AvgIpc) is 2.16. The molecular formula is C13H28O3. The summed E-state index contributed by atoms with van der Waals surface area (Å²) in [6, 6.07) is 0. The van der Waals surface area contributed by atoms with E-state index >= 15 is 0 Å². The molecule has 0 atom stereocenters. The molecule has 0 saturated heterocycles. The molecule has 0 saturated carbocycles. The molecule has 0 unspecified atom stereocenters. The van der Waals surface area contributed by atoms with Crippen LogP contribution in [0.3, 0.4) is 0 Å². The number of rotatable bonds is 9. The minimum absolute atomic E-state index is 0.107. The van der Waals surface area contributed by atoms with Crippen molar-refractivity contribution >= 4 is 0 Å². The molecule has 0 aromatic carbocycles. The van der Waals surface area contributed by atoms with Crippen LogP contribution in [0, 0.1) is 5.41 Å². The largest absolute Gasteiger partial charge is 0.381 e. The van der Waals surface area contributed by atoms with Gasteiger partial charge in [0.05, 0.1) is 6.61 Å². The van der Waals surface area contributed by atoms with Gasteiger partial charge in [-0.15, -0.1) is 0 Å². The van der Waals surface area contributed by atoms with Crippen molar-refractivity contribution in [1.29, 1.82) is 0 Å². The third-order valence-electron chi connectivity index (χ3n) is 2.20. The second-order valence-corrected chi connectivity index (χ2v) is 5.05. The van der Waals surface area contributed by atoms with Crippen molar-refractivity contribution in [3.8, 4) is 0 Å². The highest BCUT2D eigenvalue weighted by Crippen LogP contribution is 2.17. The van der Waals surface area contributed by atoms with E-state index in [1.165, 1.54) is 0 Å². The van der Waals surface area contributed by atoms with Gasteiger partial charge in [-0.25, -0.2) is 0 Å². The maximum absolute atomic E-state index is 5.57. The van der Waals surface area contributed by atoms with Crippen LogP contribution in [-0.4, -0.2) is 32.7 Å². The molecule has 0 aliphatic heterocycles. The van der Waals surface area contributed by atoms with E-state index in [9.17, 15) is 0 Å². The molecule has 0 aromatic rings. The van der Waals surface area contributed by atoms with E-state index < -0.39 is 0 Å². The van der Waals surface area contributed by atoms with Crippen LogP contribution < -0.4 is 0 Å². The highest BCUT2D eigenvalue weighted by atomic mass is 16.7. The first-order valence-electron chi connectivity index (χ1n) is 6.30. The van der Waals surface area contributed by atoms with Crippen molar-refractivity contribution in [3.05, 3.63) is 0 Å². The Morgan fingerprint density at radius 3 is 1.94 bits per heavy atom. The quantitative estimate of drug-likeness (QED) is 0.451. The van der Waals surface area contributed by atoms with Crippen LogP contribution in [-0.2, 0) is 14.2 Å². The lowest BCUT2D eigenvalue weighted by molar-refractivity contribution is -0.146. The summed E-state index contributed by atoms with van der Waals surface area (Å²) in [7, 11) is 0. The predicted octanol–water partition coefficient (Wildman–Crippen LogP) is 3.23. The third-order valence-corrected chi connectivity index (χ3v) is 2.20. The summed E-state index contributed by atoms with van der Waals surface area (Å²) < 4.78 is 16.4. The zero-order valence-electron chi connectivity index (χ0n) is 11.5. The predicted molar refractivity (Wildman–Crippen MR) is 66.5 cm³/mol. The molecule has 3 nitrogen and oxygen atoms in total. The molecule has 0 rings (SSSR count). The van der Waals surface area contributed by atoms with E-state index in [-0.39, 0.29) is 6.29 Å². The van der Waals surface area contributed by atoms with Gasteiger partial charge in [0.25, 0.3) is 0 Å². The maximum atomic E-state index is 5.57. The molecule has 0 amide bonds. The van der Waals surface area contributed by atoms with Gasteiger partial charge in [-0.2, -0.15) is 0 Å². The SMILES string of the molecule is CCOC(CCOCCC(C)(C)C)OCC. The highest BCUT2D eigenvalue weighted by Gasteiger charge is 2.10. The molecule has 0 spiro atoms. The summed E-state index contributed by atoms with van der Waals surface area (Å²) in [6.45, 7) is 13.5. The van der Waals surface area contributed by atoms with E-state index in [2.05, 4.69) is 20.8 Å². The first-order valence-corrected chi connectivity index (χ1v) is 6.30. The monoisotopic (exact) mass is 232 g/mol. The molecule has 0 aliphatic carbocycles. The van der Waals surface area contributed by atoms with Crippen molar-refractivity contribution in [3.63, 3.8) is 0 Å². The lowest BCUT2D eigenvalue weighted by Gasteiger charge is -2.19. The van der Waals surface area contributed by atoms with E-state index in [1.54, 1.807) is 0 Å². The molecule has 16 heavy (non-hydrogen) atoms. The fourth-order valence-electron chi connectivity index (χ4n) is 1.25. The van der Waals surface area contributed by atoms with Crippen molar-refractivity contribution in [2.45, 2.75) is 53.8 Å². The van der Waals surface area contributed by atoms with Crippen molar-refractivity contribution in [2.75, 3.05) is 26.4 Å². The molecule has 0 fully saturated rings. The zero-order valence-corrected chi connectivity index (χ0v) is 11.5. The summed E-state index contributed by atoms with van der Waals surface area (Å²) in [5.41, 5.74) is 0.346. The molecule has 98 valence electrons. The molecule has 0 N–H and O–H groups in total. The molecule has 0 radical (unpaired) electrons. The Morgan fingerprint density at radius 2 is 1.50 bits per heavy atom. The van der Waals surface area contributed by atoms with Crippen LogP contribution in [0.15, 0.2) is 0 Å². The van der Waals surface area contributed by atoms with Crippen LogP contribution in [0.5, 0.6) is 0 Å². The molecule has 0 heterocycles. The first-order chi connectivity index (χ1) is 7.49. The molecule has 0 bridgehead atoms. The Labute approximate surface area is 100 Å². The molecule has 3 heteroatoms. The smallest absolute Gasteiger partial charge is 0.159 e. The Morgan fingerprint density at radius 1 is 0.938 bits per heavy atom. The van der Waals surface area contributed by atoms with E-state index in [4.69, 9.17) is 14.2 Å². The van der Waals surface area contributed by atoms with Gasteiger partial charge in [-0.3, -0.25) is 0 Å². The van der Waals surface area contributed by atoms with Crippen LogP contribution >= 0.6 is 0 Å². The number of hydrogen-bond donors (Lipinski definition) is 0. The Balaban J connectivity index is 3.46. The van der Waals surface area contributed by atoms with Crippen LogP contribution in [0.25, 0.3) is 0 Å². The van der Waals surface area contributed by atoms with Gasteiger partial charge < -0.3 is 14.2 Å². The zero-order chi connectivity index (χ0) is 12.4. The lowest BCUT2D eigenvalue weighted by atomic mass is 9.93. The van der Waals surface area contributed by atoms with Gasteiger partial charge in [0.1, 0.15) is 0 Å². The van der Waals surface area contributed by atoms with E-state index in [1.807, 2.05) is 13.8 Å². The number of hydrogen-bond acceptors (Lipinski definition) is 3. The van der Waals surface area contributed by atoms with Crippen molar-refractivity contribution < 1.29 is 14.2 Å². The van der Waals surface area contributed by atoms with Crippen LogP contribution in [0.2, 0.25) is 0 Å². The van der Waals surface area contributed by atoms with Gasteiger partial charge >= 0.3 is 0 Å². The minimum atomic E-state index is -0.107. The highest BCUT2D eigenvalue weighted by molar-refractivity contribution is 4.59. The Hall–Kier alpha value is -0.120. The van der Waals surface area contributed by atoms with Crippen molar-refractivity contribution in [1.82, 2.24) is 0 Å². The van der Waals surface area contributed by atoms with Crippen molar-refractivity contribution in [2.24, 2.45) is 5.41 Å². The third kappa shape index (κ3) is 10.4. The Kier molecular flexibility index (Phi) is 8.90. The second kappa shape index (κ2) is 8.97. The standard InChI is InChI=1S/C13H28O3/c1-6-15-12(16-7-2)8-10-14-11-9-13(3,4)5/h12H,6-11H2,1-5H3. The molecule has 0 aromatic heterocycles. The number of ether oxygens (including phenoxy) is 3. The van der Waals surface area contributed by atoms with Gasteiger partial charge in [-0.05, 0) is 25.7 Å². The maximum Gasteiger partial charge on any atom is 0.159 e. The summed E-state index contributed by atoms with van der Waals surface area (Å²) in [5, 5.41) is 0. The van der Waals surface area contributed by atoms with Gasteiger partial charge in [-0.1, -0.05) is 20.8 Å². The molecular weight excluding hydrogens is 204 g/mol. The summed E-state index contributed by atoms with van der Waals surface area (Å²) in [6.07, 6.45) is 1.79. The fourth-order valence-corrected chi connectivity index (χ4v) is 1.25. The second-order valence-electron chi connectivity index (χ2n) is 5.05. The van der Waals surface area contributed by atoms with E-state index in [0.29, 0.717) is 25.2 Å². The summed E-state index contributed by atoms with van der Waals surface area (Å²) in [4.78, 5) is 0.